The Balaban J connectivity index is 1.46. The second kappa shape index (κ2) is 10.5. The van der Waals surface area contributed by atoms with Gasteiger partial charge in [0.15, 0.2) is 0 Å². The Morgan fingerprint density at radius 3 is 2.30 bits per heavy atom. The van der Waals surface area contributed by atoms with Gasteiger partial charge in [0.05, 0.1) is 24.6 Å². The van der Waals surface area contributed by atoms with Crippen LogP contribution in [-0.2, 0) is 11.3 Å². The van der Waals surface area contributed by atoms with Crippen molar-refractivity contribution in [2.24, 2.45) is 5.10 Å². The highest BCUT2D eigenvalue weighted by Crippen LogP contribution is 2.33. The summed E-state index contributed by atoms with van der Waals surface area (Å²) in [4.78, 5) is 26.2. The Labute approximate surface area is 223 Å². The van der Waals surface area contributed by atoms with Crippen LogP contribution in [-0.4, -0.2) is 33.5 Å². The molecule has 2 heterocycles. The molecule has 1 unspecified atom stereocenters. The third kappa shape index (κ3) is 5.39. The van der Waals surface area contributed by atoms with Gasteiger partial charge in [0.2, 0.25) is 0 Å². The van der Waals surface area contributed by atoms with Crippen LogP contribution in [0, 0.1) is 6.92 Å². The Morgan fingerprint density at radius 1 is 0.946 bits per heavy atom. The van der Waals surface area contributed by atoms with Crippen LogP contribution in [0.5, 0.6) is 5.75 Å². The quantitative estimate of drug-likeness (QED) is 0.320. The highest BCUT2D eigenvalue weighted by Gasteiger charge is 2.33. The largest absolute Gasteiger partial charge is 0.497 e. The molecule has 0 fully saturated rings. The third-order valence-corrected chi connectivity index (χ3v) is 6.87. The van der Waals surface area contributed by atoms with Gasteiger partial charge in [-0.1, -0.05) is 57.9 Å². The normalized spacial score (nSPS) is 14.9. The van der Waals surface area contributed by atoms with E-state index in [0.717, 1.165) is 38.2 Å². The van der Waals surface area contributed by atoms with Crippen molar-refractivity contribution in [2.75, 3.05) is 7.11 Å². The van der Waals surface area contributed by atoms with E-state index in [1.54, 1.807) is 13.2 Å². The van der Waals surface area contributed by atoms with E-state index in [0.29, 0.717) is 12.1 Å². The lowest BCUT2D eigenvalue weighted by Crippen LogP contribution is -2.34. The van der Waals surface area contributed by atoms with Crippen LogP contribution in [0.2, 0.25) is 0 Å². The number of methoxy groups -OCH3 is 1. The van der Waals surface area contributed by atoms with Gasteiger partial charge in [-0.15, -0.1) is 0 Å². The summed E-state index contributed by atoms with van der Waals surface area (Å²) in [7, 11) is 1.62. The van der Waals surface area contributed by atoms with Crippen molar-refractivity contribution in [3.63, 3.8) is 0 Å². The minimum absolute atomic E-state index is 0.217. The highest BCUT2D eigenvalue weighted by atomic mass is 79.9. The SMILES string of the molecule is COc1ccc(C2=NN(C(=O)Cn3nc(-c4ccc(Br)cc4)ccc3=O)C(c3ccc(C)cc3)C2)cc1. The van der Waals surface area contributed by atoms with Gasteiger partial charge in [-0.2, -0.15) is 10.2 Å². The molecule has 1 aliphatic rings. The molecule has 8 heteroatoms. The molecule has 186 valence electrons. The van der Waals surface area contributed by atoms with Crippen molar-refractivity contribution >= 4 is 27.5 Å². The first-order chi connectivity index (χ1) is 17.9. The van der Waals surface area contributed by atoms with Crippen LogP contribution < -0.4 is 10.3 Å². The fourth-order valence-electron chi connectivity index (χ4n) is 4.28. The second-order valence-electron chi connectivity index (χ2n) is 8.87. The number of carbonyl (C=O) groups excluding carboxylic acids is 1. The molecular weight excluding hydrogens is 532 g/mol. The molecular formula is C29H25BrN4O3. The number of hydrazone groups is 1. The fraction of sp³-hybridized carbons (Fsp3) is 0.172. The number of amides is 1. The minimum Gasteiger partial charge on any atom is -0.497 e. The van der Waals surface area contributed by atoms with Crippen LogP contribution in [0.1, 0.15) is 29.2 Å². The molecule has 3 aromatic carbocycles. The predicted octanol–water partition coefficient (Wildman–Crippen LogP) is 5.37. The summed E-state index contributed by atoms with van der Waals surface area (Å²) in [6, 6.07) is 26.2. The average molecular weight is 557 g/mol. The van der Waals surface area contributed by atoms with E-state index in [2.05, 4.69) is 21.0 Å². The molecule has 0 aliphatic carbocycles. The third-order valence-electron chi connectivity index (χ3n) is 6.34. The van der Waals surface area contributed by atoms with E-state index < -0.39 is 0 Å². The molecule has 0 radical (unpaired) electrons. The number of aromatic nitrogens is 2. The average Bonchev–Trinajstić information content (AvgIpc) is 3.37. The first-order valence-electron chi connectivity index (χ1n) is 11.9. The zero-order valence-electron chi connectivity index (χ0n) is 20.5. The number of carbonyl (C=O) groups is 1. The Morgan fingerprint density at radius 2 is 1.62 bits per heavy atom. The lowest BCUT2D eigenvalue weighted by atomic mass is 9.97. The van der Waals surface area contributed by atoms with E-state index in [4.69, 9.17) is 9.84 Å². The van der Waals surface area contributed by atoms with Gasteiger partial charge in [-0.3, -0.25) is 9.59 Å². The number of ether oxygens (including phenoxy) is 1. The number of aryl methyl sites for hydroxylation is 1. The van der Waals surface area contributed by atoms with Gasteiger partial charge < -0.3 is 4.74 Å². The van der Waals surface area contributed by atoms with Gasteiger partial charge in [0.1, 0.15) is 12.3 Å². The van der Waals surface area contributed by atoms with Crippen LogP contribution in [0.15, 0.2) is 99.3 Å². The molecule has 1 aromatic heterocycles. The summed E-state index contributed by atoms with van der Waals surface area (Å²) in [5, 5.41) is 10.7. The van der Waals surface area contributed by atoms with Gasteiger partial charge in [0.25, 0.3) is 11.5 Å². The van der Waals surface area contributed by atoms with Crippen molar-refractivity contribution in [2.45, 2.75) is 25.9 Å². The Kier molecular flexibility index (Phi) is 7.01. The van der Waals surface area contributed by atoms with Crippen molar-refractivity contribution in [1.82, 2.24) is 14.8 Å². The number of benzene rings is 3. The molecule has 0 N–H and O–H groups in total. The van der Waals surface area contributed by atoms with Gasteiger partial charge >= 0.3 is 0 Å². The zero-order chi connectivity index (χ0) is 25.9. The summed E-state index contributed by atoms with van der Waals surface area (Å²) >= 11 is 3.43. The summed E-state index contributed by atoms with van der Waals surface area (Å²) in [5.74, 6) is 0.443. The fourth-order valence-corrected chi connectivity index (χ4v) is 4.55. The standard InChI is InChI=1S/C29H25BrN4O3/c1-19-3-5-22(6-4-19)27-17-26(21-9-13-24(37-2)14-10-21)32-34(27)29(36)18-33-28(35)16-15-25(31-33)20-7-11-23(30)12-8-20/h3-16,27H,17-18H2,1-2H3. The summed E-state index contributed by atoms with van der Waals surface area (Å²) < 4.78 is 7.42. The van der Waals surface area contributed by atoms with Crippen molar-refractivity contribution in [3.05, 3.63) is 116 Å². The summed E-state index contributed by atoms with van der Waals surface area (Å²) in [6.45, 7) is 1.81. The number of hydrogen-bond acceptors (Lipinski definition) is 5. The molecule has 0 saturated heterocycles. The van der Waals surface area contributed by atoms with Crippen molar-refractivity contribution < 1.29 is 9.53 Å². The van der Waals surface area contributed by atoms with Gasteiger partial charge in [-0.25, -0.2) is 9.69 Å². The van der Waals surface area contributed by atoms with Crippen LogP contribution >= 0.6 is 15.9 Å². The lowest BCUT2D eigenvalue weighted by Gasteiger charge is -2.22. The summed E-state index contributed by atoms with van der Waals surface area (Å²) in [5.41, 5.74) is 4.94. The minimum atomic E-state index is -0.348. The molecule has 0 saturated carbocycles. The van der Waals surface area contributed by atoms with Gasteiger partial charge in [0, 0.05) is 22.5 Å². The van der Waals surface area contributed by atoms with E-state index >= 15 is 0 Å². The molecule has 1 aliphatic heterocycles. The first-order valence-corrected chi connectivity index (χ1v) is 12.7. The van der Waals surface area contributed by atoms with Gasteiger partial charge in [-0.05, 0) is 60.5 Å². The highest BCUT2D eigenvalue weighted by molar-refractivity contribution is 9.10. The number of halogens is 1. The maximum atomic E-state index is 13.6. The van der Waals surface area contributed by atoms with Crippen molar-refractivity contribution in [3.8, 4) is 17.0 Å². The second-order valence-corrected chi connectivity index (χ2v) is 9.78. The topological polar surface area (TPSA) is 76.8 Å². The zero-order valence-corrected chi connectivity index (χ0v) is 22.1. The number of rotatable bonds is 6. The molecule has 1 atom stereocenters. The molecule has 1 amide bonds. The van der Waals surface area contributed by atoms with Crippen LogP contribution in [0.4, 0.5) is 0 Å². The lowest BCUT2D eigenvalue weighted by molar-refractivity contribution is -0.133. The Bertz CT molecular complexity index is 1510. The molecule has 7 nitrogen and oxygen atoms in total. The monoisotopic (exact) mass is 556 g/mol. The molecule has 37 heavy (non-hydrogen) atoms. The van der Waals surface area contributed by atoms with E-state index in [9.17, 15) is 9.59 Å². The van der Waals surface area contributed by atoms with E-state index in [1.165, 1.54) is 15.8 Å². The van der Waals surface area contributed by atoms with Crippen molar-refractivity contribution in [1.29, 1.82) is 0 Å². The molecule has 4 aromatic rings. The Hall–Kier alpha value is -4.04. The first kappa shape index (κ1) is 24.6. The number of nitrogens with zero attached hydrogens (tertiary/aromatic N) is 4. The summed E-state index contributed by atoms with van der Waals surface area (Å²) in [6.07, 6.45) is 0.558. The smallest absolute Gasteiger partial charge is 0.267 e. The molecule has 5 rings (SSSR count). The molecule has 0 bridgehead atoms. The van der Waals surface area contributed by atoms with E-state index in [1.807, 2.05) is 79.7 Å². The van der Waals surface area contributed by atoms with Crippen LogP contribution in [0.25, 0.3) is 11.3 Å². The van der Waals surface area contributed by atoms with E-state index in [-0.39, 0.29) is 24.1 Å². The maximum absolute atomic E-state index is 13.6. The molecule has 0 spiro atoms. The maximum Gasteiger partial charge on any atom is 0.267 e. The number of hydrogen-bond donors (Lipinski definition) is 0. The van der Waals surface area contributed by atoms with Crippen LogP contribution in [0.3, 0.4) is 0 Å². The predicted molar refractivity (Wildman–Crippen MR) is 147 cm³/mol.